The number of aromatic nitrogens is 2. The molecule has 0 radical (unpaired) electrons. The van der Waals surface area contributed by atoms with Gasteiger partial charge in [0.05, 0.1) is 18.3 Å². The standard InChI is InChI=1S/C25H25N3O4S/c1-17(12-13-18-8-4-3-5-9-18)26-22(29)16-27-20-14-15-33-23(20)24(30)28(25(27)31)19-10-6-7-11-21(19)32-2/h3-11,14-15,17H,12-13,16H2,1-2H3,(H,26,29)/t17-/m0/s1. The summed E-state index contributed by atoms with van der Waals surface area (Å²) in [4.78, 5) is 39.3. The molecule has 7 nitrogen and oxygen atoms in total. The van der Waals surface area contributed by atoms with Crippen molar-refractivity contribution < 1.29 is 9.53 Å². The first kappa shape index (κ1) is 22.5. The third-order valence-corrected chi connectivity index (χ3v) is 6.39. The van der Waals surface area contributed by atoms with Crippen LogP contribution in [0.15, 0.2) is 75.6 Å². The molecule has 0 aliphatic heterocycles. The summed E-state index contributed by atoms with van der Waals surface area (Å²) in [7, 11) is 1.48. The van der Waals surface area contributed by atoms with Crippen LogP contribution < -0.4 is 21.3 Å². The van der Waals surface area contributed by atoms with Gasteiger partial charge in [0, 0.05) is 6.04 Å². The molecular formula is C25H25N3O4S. The van der Waals surface area contributed by atoms with Gasteiger partial charge in [-0.1, -0.05) is 42.5 Å². The predicted octanol–water partition coefficient (Wildman–Crippen LogP) is 3.36. The second-order valence-corrected chi connectivity index (χ2v) is 8.73. The molecule has 33 heavy (non-hydrogen) atoms. The van der Waals surface area contributed by atoms with Crippen molar-refractivity contribution in [3.05, 3.63) is 92.4 Å². The van der Waals surface area contributed by atoms with Crippen LogP contribution in [0.5, 0.6) is 5.75 Å². The van der Waals surface area contributed by atoms with E-state index in [2.05, 4.69) is 17.4 Å². The van der Waals surface area contributed by atoms with Crippen molar-refractivity contribution in [2.24, 2.45) is 0 Å². The first-order chi connectivity index (χ1) is 16.0. The van der Waals surface area contributed by atoms with Gasteiger partial charge in [-0.15, -0.1) is 11.3 Å². The zero-order valence-corrected chi connectivity index (χ0v) is 19.3. The Hall–Kier alpha value is -3.65. The lowest BCUT2D eigenvalue weighted by molar-refractivity contribution is -0.122. The molecule has 0 spiro atoms. The number of amides is 1. The van der Waals surface area contributed by atoms with Gasteiger partial charge < -0.3 is 10.1 Å². The number of para-hydroxylation sites is 2. The van der Waals surface area contributed by atoms with E-state index in [1.165, 1.54) is 28.6 Å². The van der Waals surface area contributed by atoms with Crippen molar-refractivity contribution >= 4 is 27.5 Å². The fourth-order valence-corrected chi connectivity index (χ4v) is 4.66. The Morgan fingerprint density at radius 1 is 1.06 bits per heavy atom. The molecule has 4 rings (SSSR count). The molecule has 2 aromatic heterocycles. The smallest absolute Gasteiger partial charge is 0.336 e. The van der Waals surface area contributed by atoms with Crippen LogP contribution in [0.1, 0.15) is 18.9 Å². The van der Waals surface area contributed by atoms with Crippen molar-refractivity contribution in [3.8, 4) is 11.4 Å². The number of rotatable bonds is 8. The number of hydrogen-bond donors (Lipinski definition) is 1. The molecule has 2 heterocycles. The van der Waals surface area contributed by atoms with Gasteiger partial charge in [0.15, 0.2) is 0 Å². The number of methoxy groups -OCH3 is 1. The highest BCUT2D eigenvalue weighted by molar-refractivity contribution is 7.17. The third-order valence-electron chi connectivity index (χ3n) is 5.50. The quantitative estimate of drug-likeness (QED) is 0.434. The minimum absolute atomic E-state index is 0.0634. The summed E-state index contributed by atoms with van der Waals surface area (Å²) in [5, 5.41) is 4.72. The van der Waals surface area contributed by atoms with E-state index in [1.54, 1.807) is 35.7 Å². The van der Waals surface area contributed by atoms with E-state index in [0.717, 1.165) is 17.4 Å². The van der Waals surface area contributed by atoms with Crippen molar-refractivity contribution in [1.29, 1.82) is 0 Å². The predicted molar refractivity (Wildman–Crippen MR) is 131 cm³/mol. The zero-order valence-electron chi connectivity index (χ0n) is 18.5. The summed E-state index contributed by atoms with van der Waals surface area (Å²) < 4.78 is 8.18. The number of fused-ring (bicyclic) bond motifs is 1. The summed E-state index contributed by atoms with van der Waals surface area (Å²) >= 11 is 1.24. The molecular weight excluding hydrogens is 438 g/mol. The summed E-state index contributed by atoms with van der Waals surface area (Å²) in [5.74, 6) is 0.119. The lowest BCUT2D eigenvalue weighted by Gasteiger charge is -2.16. The van der Waals surface area contributed by atoms with E-state index in [0.29, 0.717) is 21.7 Å². The summed E-state index contributed by atoms with van der Waals surface area (Å²) in [6.45, 7) is 1.76. The third kappa shape index (κ3) is 4.75. The Labute approximate surface area is 194 Å². The summed E-state index contributed by atoms with van der Waals surface area (Å²) in [5.41, 5.74) is 0.993. The fraction of sp³-hybridized carbons (Fsp3) is 0.240. The molecule has 0 aliphatic carbocycles. The highest BCUT2D eigenvalue weighted by Crippen LogP contribution is 2.22. The van der Waals surface area contributed by atoms with Crippen LogP contribution in [0.25, 0.3) is 15.9 Å². The number of thiophene rings is 1. The van der Waals surface area contributed by atoms with Crippen LogP contribution in [0.4, 0.5) is 0 Å². The van der Waals surface area contributed by atoms with Gasteiger partial charge in [0.25, 0.3) is 5.56 Å². The van der Waals surface area contributed by atoms with Crippen molar-refractivity contribution in [2.75, 3.05) is 7.11 Å². The molecule has 0 saturated carbocycles. The molecule has 4 aromatic rings. The monoisotopic (exact) mass is 463 g/mol. The molecule has 0 aliphatic rings. The van der Waals surface area contributed by atoms with Gasteiger partial charge >= 0.3 is 5.69 Å². The molecule has 0 fully saturated rings. The lowest BCUT2D eigenvalue weighted by atomic mass is 10.1. The van der Waals surface area contributed by atoms with E-state index in [4.69, 9.17) is 4.74 Å². The summed E-state index contributed by atoms with van der Waals surface area (Å²) in [6.07, 6.45) is 1.62. The number of aryl methyl sites for hydroxylation is 1. The van der Waals surface area contributed by atoms with Gasteiger partial charge in [-0.3, -0.25) is 14.2 Å². The molecule has 2 aromatic carbocycles. The van der Waals surface area contributed by atoms with Crippen LogP contribution in [0.3, 0.4) is 0 Å². The topological polar surface area (TPSA) is 82.3 Å². The maximum Gasteiger partial charge on any atom is 0.336 e. The number of nitrogens with one attached hydrogen (secondary N) is 1. The normalized spacial score (nSPS) is 11.9. The van der Waals surface area contributed by atoms with Crippen molar-refractivity contribution in [2.45, 2.75) is 32.4 Å². The first-order valence-corrected chi connectivity index (χ1v) is 11.6. The minimum Gasteiger partial charge on any atom is -0.495 e. The molecule has 1 atom stereocenters. The number of nitrogens with zero attached hydrogens (tertiary/aromatic N) is 2. The van der Waals surface area contributed by atoms with Crippen molar-refractivity contribution in [1.82, 2.24) is 14.5 Å². The number of carbonyl (C=O) groups excluding carboxylic acids is 1. The second kappa shape index (κ2) is 9.87. The van der Waals surface area contributed by atoms with Crippen LogP contribution in [0, 0.1) is 0 Å². The average Bonchev–Trinajstić information content (AvgIpc) is 3.32. The molecule has 0 bridgehead atoms. The Morgan fingerprint density at radius 3 is 2.55 bits per heavy atom. The highest BCUT2D eigenvalue weighted by Gasteiger charge is 2.20. The van der Waals surface area contributed by atoms with Gasteiger partial charge in [-0.2, -0.15) is 0 Å². The van der Waals surface area contributed by atoms with E-state index in [1.807, 2.05) is 25.1 Å². The SMILES string of the molecule is COc1ccccc1-n1c(=O)c2sccc2n(CC(=O)N[C@@H](C)CCc2ccccc2)c1=O. The zero-order chi connectivity index (χ0) is 23.4. The Bertz CT molecular complexity index is 1390. The summed E-state index contributed by atoms with van der Waals surface area (Å²) in [6, 6.07) is 18.5. The van der Waals surface area contributed by atoms with E-state index in [-0.39, 0.29) is 18.5 Å². The maximum absolute atomic E-state index is 13.4. The number of hydrogen-bond acceptors (Lipinski definition) is 5. The number of carbonyl (C=O) groups is 1. The maximum atomic E-state index is 13.4. The van der Waals surface area contributed by atoms with Gasteiger partial charge in [0.1, 0.15) is 17.0 Å². The van der Waals surface area contributed by atoms with E-state index >= 15 is 0 Å². The number of ether oxygens (including phenoxy) is 1. The highest BCUT2D eigenvalue weighted by atomic mass is 32.1. The van der Waals surface area contributed by atoms with Crippen LogP contribution in [-0.4, -0.2) is 28.2 Å². The molecule has 8 heteroatoms. The molecule has 0 saturated heterocycles. The molecule has 1 N–H and O–H groups in total. The molecule has 0 unspecified atom stereocenters. The van der Waals surface area contributed by atoms with Crippen LogP contribution in [-0.2, 0) is 17.8 Å². The van der Waals surface area contributed by atoms with E-state index < -0.39 is 11.2 Å². The average molecular weight is 464 g/mol. The van der Waals surface area contributed by atoms with E-state index in [9.17, 15) is 14.4 Å². The Kier molecular flexibility index (Phi) is 6.74. The number of benzene rings is 2. The second-order valence-electron chi connectivity index (χ2n) is 7.81. The van der Waals surface area contributed by atoms with Gasteiger partial charge in [-0.25, -0.2) is 9.36 Å². The largest absolute Gasteiger partial charge is 0.495 e. The lowest BCUT2D eigenvalue weighted by Crippen LogP contribution is -2.43. The van der Waals surface area contributed by atoms with Crippen molar-refractivity contribution in [3.63, 3.8) is 0 Å². The molecule has 1 amide bonds. The van der Waals surface area contributed by atoms with Gasteiger partial charge in [0.2, 0.25) is 5.91 Å². The Morgan fingerprint density at radius 2 is 1.79 bits per heavy atom. The Balaban J connectivity index is 1.61. The first-order valence-electron chi connectivity index (χ1n) is 10.7. The van der Waals surface area contributed by atoms with Crippen LogP contribution in [0.2, 0.25) is 0 Å². The fourth-order valence-electron chi connectivity index (χ4n) is 3.83. The van der Waals surface area contributed by atoms with Gasteiger partial charge in [-0.05, 0) is 48.9 Å². The van der Waals surface area contributed by atoms with Crippen LogP contribution >= 0.6 is 11.3 Å². The molecule has 170 valence electrons. The minimum atomic E-state index is -0.581.